The minimum absolute atomic E-state index is 0.0331. The SMILES string of the molecule is CCc1ccc(C(=O)N[C@H](C)Cn2cccn2)[nH]1. The lowest BCUT2D eigenvalue weighted by molar-refractivity contribution is 0.0931. The molecule has 96 valence electrons. The normalized spacial score (nSPS) is 12.3. The standard InChI is InChI=1S/C13H18N4O/c1-3-11-5-6-12(16-11)13(18)15-10(2)9-17-8-4-7-14-17/h4-8,10,16H,3,9H2,1-2H3,(H,15,18)/t10-/m1/s1. The van der Waals surface area contributed by atoms with E-state index in [4.69, 9.17) is 0 Å². The zero-order valence-electron chi connectivity index (χ0n) is 10.7. The molecular formula is C13H18N4O. The lowest BCUT2D eigenvalue weighted by Crippen LogP contribution is -2.36. The number of nitrogens with one attached hydrogen (secondary N) is 2. The molecule has 2 aromatic rings. The van der Waals surface area contributed by atoms with Gasteiger partial charge in [-0.3, -0.25) is 9.48 Å². The fourth-order valence-corrected chi connectivity index (χ4v) is 1.82. The van der Waals surface area contributed by atoms with Gasteiger partial charge in [-0.05, 0) is 31.5 Å². The number of hydrogen-bond acceptors (Lipinski definition) is 2. The molecule has 5 nitrogen and oxygen atoms in total. The van der Waals surface area contributed by atoms with Gasteiger partial charge in [-0.1, -0.05) is 6.92 Å². The van der Waals surface area contributed by atoms with Gasteiger partial charge in [0.15, 0.2) is 0 Å². The van der Waals surface area contributed by atoms with Crippen LogP contribution in [-0.2, 0) is 13.0 Å². The van der Waals surface area contributed by atoms with E-state index in [9.17, 15) is 4.79 Å². The van der Waals surface area contributed by atoms with Crippen LogP contribution in [0, 0.1) is 0 Å². The molecule has 0 fully saturated rings. The molecule has 1 amide bonds. The molecule has 2 aromatic heterocycles. The van der Waals surface area contributed by atoms with Crippen molar-refractivity contribution in [3.63, 3.8) is 0 Å². The van der Waals surface area contributed by atoms with Gasteiger partial charge in [0, 0.05) is 24.1 Å². The largest absolute Gasteiger partial charge is 0.354 e. The first-order valence-corrected chi connectivity index (χ1v) is 6.15. The maximum atomic E-state index is 11.9. The summed E-state index contributed by atoms with van der Waals surface area (Å²) in [6.45, 7) is 4.68. The van der Waals surface area contributed by atoms with Crippen LogP contribution in [0.4, 0.5) is 0 Å². The van der Waals surface area contributed by atoms with E-state index in [1.807, 2.05) is 38.2 Å². The van der Waals surface area contributed by atoms with Crippen molar-refractivity contribution in [3.8, 4) is 0 Å². The van der Waals surface area contributed by atoms with Crippen LogP contribution in [0.1, 0.15) is 30.0 Å². The summed E-state index contributed by atoms with van der Waals surface area (Å²) in [6, 6.07) is 5.65. The molecule has 0 aliphatic carbocycles. The van der Waals surface area contributed by atoms with Gasteiger partial charge in [-0.25, -0.2) is 0 Å². The molecule has 0 radical (unpaired) electrons. The van der Waals surface area contributed by atoms with Gasteiger partial charge >= 0.3 is 0 Å². The van der Waals surface area contributed by atoms with E-state index in [1.165, 1.54) is 0 Å². The highest BCUT2D eigenvalue weighted by Gasteiger charge is 2.11. The average molecular weight is 246 g/mol. The molecule has 0 saturated carbocycles. The fraction of sp³-hybridized carbons (Fsp3) is 0.385. The number of carbonyl (C=O) groups is 1. The van der Waals surface area contributed by atoms with Crippen LogP contribution >= 0.6 is 0 Å². The Morgan fingerprint density at radius 1 is 1.56 bits per heavy atom. The number of nitrogens with zero attached hydrogens (tertiary/aromatic N) is 2. The van der Waals surface area contributed by atoms with E-state index in [0.29, 0.717) is 12.2 Å². The van der Waals surface area contributed by atoms with E-state index in [-0.39, 0.29) is 11.9 Å². The smallest absolute Gasteiger partial charge is 0.267 e. The second-order valence-corrected chi connectivity index (χ2v) is 4.35. The monoisotopic (exact) mass is 246 g/mol. The van der Waals surface area contributed by atoms with E-state index in [0.717, 1.165) is 12.1 Å². The van der Waals surface area contributed by atoms with Crippen LogP contribution in [0.25, 0.3) is 0 Å². The molecule has 2 heterocycles. The van der Waals surface area contributed by atoms with Crippen molar-refractivity contribution in [1.29, 1.82) is 0 Å². The van der Waals surface area contributed by atoms with E-state index in [2.05, 4.69) is 15.4 Å². The highest BCUT2D eigenvalue weighted by atomic mass is 16.1. The number of carbonyl (C=O) groups excluding carboxylic acids is 1. The summed E-state index contributed by atoms with van der Waals surface area (Å²) in [5.74, 6) is -0.0747. The average Bonchev–Trinajstić information content (AvgIpc) is 2.98. The molecule has 0 aliphatic heterocycles. The third kappa shape index (κ3) is 3.00. The first kappa shape index (κ1) is 12.4. The predicted molar refractivity (Wildman–Crippen MR) is 69.3 cm³/mol. The molecule has 2 N–H and O–H groups in total. The van der Waals surface area contributed by atoms with Crippen molar-refractivity contribution in [1.82, 2.24) is 20.1 Å². The molecule has 0 aliphatic rings. The molecule has 0 saturated heterocycles. The quantitative estimate of drug-likeness (QED) is 0.841. The number of aromatic amines is 1. The minimum Gasteiger partial charge on any atom is -0.354 e. The maximum Gasteiger partial charge on any atom is 0.267 e. The zero-order valence-corrected chi connectivity index (χ0v) is 10.7. The van der Waals surface area contributed by atoms with Crippen LogP contribution in [0.5, 0.6) is 0 Å². The van der Waals surface area contributed by atoms with Crippen molar-refractivity contribution in [2.75, 3.05) is 0 Å². The summed E-state index contributed by atoms with van der Waals surface area (Å²) >= 11 is 0. The van der Waals surface area contributed by atoms with Crippen molar-refractivity contribution < 1.29 is 4.79 Å². The third-order valence-corrected chi connectivity index (χ3v) is 2.77. The molecule has 18 heavy (non-hydrogen) atoms. The molecule has 2 rings (SSSR count). The third-order valence-electron chi connectivity index (χ3n) is 2.77. The number of hydrogen-bond donors (Lipinski definition) is 2. The Balaban J connectivity index is 1.90. The Labute approximate surface area is 106 Å². The Bertz CT molecular complexity index is 501. The van der Waals surface area contributed by atoms with Crippen LogP contribution in [-0.4, -0.2) is 26.7 Å². The van der Waals surface area contributed by atoms with Gasteiger partial charge in [0.25, 0.3) is 5.91 Å². The van der Waals surface area contributed by atoms with Crippen LogP contribution in [0.3, 0.4) is 0 Å². The summed E-state index contributed by atoms with van der Waals surface area (Å²) in [7, 11) is 0. The Hall–Kier alpha value is -2.04. The van der Waals surface area contributed by atoms with Gasteiger partial charge in [-0.2, -0.15) is 5.10 Å². The van der Waals surface area contributed by atoms with Gasteiger partial charge in [0.05, 0.1) is 6.54 Å². The van der Waals surface area contributed by atoms with Crippen LogP contribution < -0.4 is 5.32 Å². The van der Waals surface area contributed by atoms with Crippen LogP contribution in [0.15, 0.2) is 30.6 Å². The van der Waals surface area contributed by atoms with Gasteiger partial charge < -0.3 is 10.3 Å². The lowest BCUT2D eigenvalue weighted by atomic mass is 10.3. The van der Waals surface area contributed by atoms with Crippen LogP contribution in [0.2, 0.25) is 0 Å². The molecule has 1 atom stereocenters. The molecule has 0 bridgehead atoms. The Morgan fingerprint density at radius 3 is 3.00 bits per heavy atom. The molecule has 0 aromatic carbocycles. The number of rotatable bonds is 5. The molecular weight excluding hydrogens is 228 g/mol. The zero-order chi connectivity index (χ0) is 13.0. The van der Waals surface area contributed by atoms with E-state index < -0.39 is 0 Å². The number of aryl methyl sites for hydroxylation is 1. The second kappa shape index (κ2) is 5.53. The van der Waals surface area contributed by atoms with E-state index in [1.54, 1.807) is 10.9 Å². The Kier molecular flexibility index (Phi) is 3.82. The Morgan fingerprint density at radius 2 is 2.39 bits per heavy atom. The summed E-state index contributed by atoms with van der Waals surface area (Å²) in [6.07, 6.45) is 4.51. The van der Waals surface area contributed by atoms with Gasteiger partial charge in [-0.15, -0.1) is 0 Å². The summed E-state index contributed by atoms with van der Waals surface area (Å²) < 4.78 is 1.80. The first-order valence-electron chi connectivity index (χ1n) is 6.15. The first-order chi connectivity index (χ1) is 8.69. The van der Waals surface area contributed by atoms with Crippen molar-refractivity contribution in [2.24, 2.45) is 0 Å². The van der Waals surface area contributed by atoms with E-state index >= 15 is 0 Å². The molecule has 0 unspecified atom stereocenters. The fourth-order valence-electron chi connectivity index (χ4n) is 1.82. The highest BCUT2D eigenvalue weighted by Crippen LogP contribution is 2.03. The minimum atomic E-state index is -0.0747. The molecule has 5 heteroatoms. The summed E-state index contributed by atoms with van der Waals surface area (Å²) in [5, 5.41) is 7.05. The summed E-state index contributed by atoms with van der Waals surface area (Å²) in [4.78, 5) is 15.0. The topological polar surface area (TPSA) is 62.7 Å². The van der Waals surface area contributed by atoms with Gasteiger partial charge in [0.2, 0.25) is 0 Å². The van der Waals surface area contributed by atoms with Crippen molar-refractivity contribution in [2.45, 2.75) is 32.9 Å². The number of aromatic nitrogens is 3. The molecule has 0 spiro atoms. The predicted octanol–water partition coefficient (Wildman–Crippen LogP) is 1.59. The van der Waals surface area contributed by atoms with Crippen molar-refractivity contribution in [3.05, 3.63) is 42.0 Å². The number of amides is 1. The van der Waals surface area contributed by atoms with Gasteiger partial charge in [0.1, 0.15) is 5.69 Å². The maximum absolute atomic E-state index is 11.9. The second-order valence-electron chi connectivity index (χ2n) is 4.35. The number of H-pyrrole nitrogens is 1. The highest BCUT2D eigenvalue weighted by molar-refractivity contribution is 5.92. The summed E-state index contributed by atoms with van der Waals surface area (Å²) in [5.41, 5.74) is 1.68. The lowest BCUT2D eigenvalue weighted by Gasteiger charge is -2.13. The van der Waals surface area contributed by atoms with Crippen molar-refractivity contribution >= 4 is 5.91 Å².